The van der Waals surface area contributed by atoms with Crippen LogP contribution in [-0.2, 0) is 12.0 Å². The predicted molar refractivity (Wildman–Crippen MR) is 88.0 cm³/mol. The second-order valence-corrected chi connectivity index (χ2v) is 6.72. The number of carbonyl (C=O) groups is 1. The van der Waals surface area contributed by atoms with Crippen LogP contribution in [0, 0.1) is 0 Å². The third kappa shape index (κ3) is 4.04. The topological polar surface area (TPSA) is 54.0 Å². The summed E-state index contributed by atoms with van der Waals surface area (Å²) in [5, 5.41) is 10.00. The van der Waals surface area contributed by atoms with E-state index in [-0.39, 0.29) is 11.3 Å². The predicted octanol–water partition coefficient (Wildman–Crippen LogP) is 3.41. The van der Waals surface area contributed by atoms with Crippen molar-refractivity contribution in [2.24, 2.45) is 0 Å². The fourth-order valence-electron chi connectivity index (χ4n) is 1.85. The van der Waals surface area contributed by atoms with Gasteiger partial charge in [0.15, 0.2) is 0 Å². The van der Waals surface area contributed by atoms with Gasteiger partial charge in [0, 0.05) is 30.3 Å². The van der Waals surface area contributed by atoms with Crippen LogP contribution < -0.4 is 10.6 Å². The first-order valence-corrected chi connectivity index (χ1v) is 7.84. The molecular weight excluding hydrogens is 282 g/mol. The van der Waals surface area contributed by atoms with E-state index in [1.54, 1.807) is 17.4 Å². The number of hydrogen-bond acceptors (Lipinski definition) is 4. The Bertz CT molecular complexity index is 615. The zero-order valence-electron chi connectivity index (χ0n) is 12.9. The summed E-state index contributed by atoms with van der Waals surface area (Å²) in [5.41, 5.74) is 2.55. The maximum Gasteiger partial charge on any atom is 0.251 e. The van der Waals surface area contributed by atoms with Crippen LogP contribution in [0.15, 0.2) is 29.0 Å². The van der Waals surface area contributed by atoms with Gasteiger partial charge in [0.25, 0.3) is 5.91 Å². The Labute approximate surface area is 129 Å². The standard InChI is InChI=1S/C16H21N3OS/c1-16(2,3)13-7-12(8-14(17-4)19-13)15(20)18-9-11-5-6-21-10-11/h5-8,10H,9H2,1-4H3,(H,17,19)(H,18,20). The fraction of sp³-hybridized carbons (Fsp3) is 0.375. The molecule has 0 saturated carbocycles. The molecule has 0 aliphatic carbocycles. The van der Waals surface area contributed by atoms with Gasteiger partial charge < -0.3 is 10.6 Å². The lowest BCUT2D eigenvalue weighted by Gasteiger charge is -2.19. The van der Waals surface area contributed by atoms with Gasteiger partial charge in [-0.3, -0.25) is 4.79 Å². The van der Waals surface area contributed by atoms with Gasteiger partial charge in [0.2, 0.25) is 0 Å². The fourth-order valence-corrected chi connectivity index (χ4v) is 2.52. The van der Waals surface area contributed by atoms with Crippen molar-refractivity contribution in [2.75, 3.05) is 12.4 Å². The van der Waals surface area contributed by atoms with Crippen LogP contribution in [0.3, 0.4) is 0 Å². The van der Waals surface area contributed by atoms with Gasteiger partial charge >= 0.3 is 0 Å². The number of nitrogens with zero attached hydrogens (tertiary/aromatic N) is 1. The van der Waals surface area contributed by atoms with Crippen molar-refractivity contribution in [3.8, 4) is 0 Å². The highest BCUT2D eigenvalue weighted by Crippen LogP contribution is 2.23. The number of anilines is 1. The third-order valence-electron chi connectivity index (χ3n) is 3.15. The number of nitrogens with one attached hydrogen (secondary N) is 2. The first-order chi connectivity index (χ1) is 9.90. The van der Waals surface area contributed by atoms with E-state index < -0.39 is 0 Å². The van der Waals surface area contributed by atoms with Crippen LogP contribution in [0.5, 0.6) is 0 Å². The first-order valence-electron chi connectivity index (χ1n) is 6.90. The van der Waals surface area contributed by atoms with Gasteiger partial charge in [-0.2, -0.15) is 11.3 Å². The van der Waals surface area contributed by atoms with Crippen molar-refractivity contribution in [3.05, 3.63) is 45.8 Å². The Balaban J connectivity index is 2.19. The number of hydrogen-bond donors (Lipinski definition) is 2. The molecule has 21 heavy (non-hydrogen) atoms. The van der Waals surface area contributed by atoms with Crippen molar-refractivity contribution < 1.29 is 4.79 Å². The summed E-state index contributed by atoms with van der Waals surface area (Å²) in [6.07, 6.45) is 0. The van der Waals surface area contributed by atoms with Gasteiger partial charge in [0.1, 0.15) is 5.82 Å². The molecule has 2 rings (SSSR count). The molecule has 0 spiro atoms. The monoisotopic (exact) mass is 303 g/mol. The maximum absolute atomic E-state index is 12.3. The summed E-state index contributed by atoms with van der Waals surface area (Å²) < 4.78 is 0. The third-order valence-corrected chi connectivity index (χ3v) is 3.88. The SMILES string of the molecule is CNc1cc(C(=O)NCc2ccsc2)cc(C(C)(C)C)n1. The summed E-state index contributed by atoms with van der Waals surface area (Å²) in [5.74, 6) is 0.633. The summed E-state index contributed by atoms with van der Waals surface area (Å²) in [7, 11) is 1.81. The molecule has 2 heterocycles. The van der Waals surface area contributed by atoms with E-state index in [9.17, 15) is 4.79 Å². The summed E-state index contributed by atoms with van der Waals surface area (Å²) in [4.78, 5) is 16.9. The normalized spacial score (nSPS) is 11.2. The zero-order valence-corrected chi connectivity index (χ0v) is 13.7. The van der Waals surface area contributed by atoms with E-state index >= 15 is 0 Å². The van der Waals surface area contributed by atoms with Gasteiger partial charge in [-0.25, -0.2) is 4.98 Å². The Hall–Kier alpha value is -1.88. The Morgan fingerprint density at radius 1 is 1.33 bits per heavy atom. The van der Waals surface area contributed by atoms with Crippen molar-refractivity contribution in [3.63, 3.8) is 0 Å². The summed E-state index contributed by atoms with van der Waals surface area (Å²) >= 11 is 1.63. The van der Waals surface area contributed by atoms with Crippen LogP contribution in [0.1, 0.15) is 42.4 Å². The van der Waals surface area contributed by atoms with Gasteiger partial charge in [-0.15, -0.1) is 0 Å². The van der Waals surface area contributed by atoms with Crippen molar-refractivity contribution in [1.29, 1.82) is 0 Å². The van der Waals surface area contributed by atoms with Crippen molar-refractivity contribution in [2.45, 2.75) is 32.7 Å². The molecule has 0 aliphatic rings. The lowest BCUT2D eigenvalue weighted by molar-refractivity contribution is 0.0950. The number of aromatic nitrogens is 1. The first kappa shape index (κ1) is 15.5. The number of rotatable bonds is 4. The minimum absolute atomic E-state index is 0.0781. The molecule has 1 amide bonds. The molecule has 4 nitrogen and oxygen atoms in total. The number of thiophene rings is 1. The molecule has 112 valence electrons. The number of carbonyl (C=O) groups excluding carboxylic acids is 1. The molecular formula is C16H21N3OS. The Morgan fingerprint density at radius 2 is 2.10 bits per heavy atom. The summed E-state index contributed by atoms with van der Waals surface area (Å²) in [6.45, 7) is 6.80. The van der Waals surface area contributed by atoms with Crippen LogP contribution in [0.4, 0.5) is 5.82 Å². The van der Waals surface area contributed by atoms with Gasteiger partial charge in [-0.1, -0.05) is 20.8 Å². The molecule has 0 radical (unpaired) electrons. The number of pyridine rings is 1. The Morgan fingerprint density at radius 3 is 2.67 bits per heavy atom. The quantitative estimate of drug-likeness (QED) is 0.910. The maximum atomic E-state index is 12.3. The van der Waals surface area contributed by atoms with Gasteiger partial charge in [-0.05, 0) is 34.5 Å². The van der Waals surface area contributed by atoms with E-state index in [1.165, 1.54) is 0 Å². The van der Waals surface area contributed by atoms with Crippen LogP contribution in [0.2, 0.25) is 0 Å². The van der Waals surface area contributed by atoms with Crippen LogP contribution in [0.25, 0.3) is 0 Å². The van der Waals surface area contributed by atoms with Crippen molar-refractivity contribution >= 4 is 23.1 Å². The minimum atomic E-state index is -0.102. The molecule has 2 N–H and O–H groups in total. The lowest BCUT2D eigenvalue weighted by atomic mass is 9.90. The lowest BCUT2D eigenvalue weighted by Crippen LogP contribution is -2.24. The summed E-state index contributed by atoms with van der Waals surface area (Å²) in [6, 6.07) is 5.65. The Kier molecular flexibility index (Phi) is 4.63. The molecule has 2 aromatic heterocycles. The molecule has 0 unspecified atom stereocenters. The van der Waals surface area contributed by atoms with E-state index in [1.807, 2.05) is 29.9 Å². The average molecular weight is 303 g/mol. The second kappa shape index (κ2) is 6.26. The number of amides is 1. The van der Waals surface area contributed by atoms with E-state index in [0.29, 0.717) is 17.9 Å². The highest BCUT2D eigenvalue weighted by atomic mass is 32.1. The molecule has 5 heteroatoms. The highest BCUT2D eigenvalue weighted by Gasteiger charge is 2.19. The van der Waals surface area contributed by atoms with E-state index in [0.717, 1.165) is 11.3 Å². The molecule has 2 aromatic rings. The average Bonchev–Trinajstić information content (AvgIpc) is 2.96. The van der Waals surface area contributed by atoms with Crippen LogP contribution in [-0.4, -0.2) is 17.9 Å². The zero-order chi connectivity index (χ0) is 15.5. The molecule has 0 bridgehead atoms. The van der Waals surface area contributed by atoms with E-state index in [2.05, 4.69) is 36.4 Å². The second-order valence-electron chi connectivity index (χ2n) is 5.94. The smallest absolute Gasteiger partial charge is 0.251 e. The molecule has 0 fully saturated rings. The molecule has 0 atom stereocenters. The van der Waals surface area contributed by atoms with Crippen molar-refractivity contribution in [1.82, 2.24) is 10.3 Å². The molecule has 0 saturated heterocycles. The van der Waals surface area contributed by atoms with Crippen LogP contribution >= 0.6 is 11.3 Å². The van der Waals surface area contributed by atoms with Gasteiger partial charge in [0.05, 0.1) is 0 Å². The molecule has 0 aliphatic heterocycles. The highest BCUT2D eigenvalue weighted by molar-refractivity contribution is 7.07. The largest absolute Gasteiger partial charge is 0.373 e. The minimum Gasteiger partial charge on any atom is -0.373 e. The molecule has 0 aromatic carbocycles. The van der Waals surface area contributed by atoms with E-state index in [4.69, 9.17) is 0 Å².